The SMILES string of the molecule is COc1ccc(-n2nc(C(=O)NC3CC3)c(C)c2Oc2ccc([N+](=O)[O-])cc2F)cc1. The maximum atomic E-state index is 14.5. The number of non-ortho nitro benzene ring substituents is 1. The van der Waals surface area contributed by atoms with E-state index < -0.39 is 16.4 Å². The molecule has 1 saturated carbocycles. The maximum absolute atomic E-state index is 14.5. The van der Waals surface area contributed by atoms with Crippen LogP contribution in [0.5, 0.6) is 17.4 Å². The second kappa shape index (κ2) is 8.05. The number of aromatic nitrogens is 2. The minimum atomic E-state index is -0.903. The Morgan fingerprint density at radius 3 is 2.55 bits per heavy atom. The molecule has 0 bridgehead atoms. The smallest absolute Gasteiger partial charge is 0.272 e. The van der Waals surface area contributed by atoms with Crippen molar-refractivity contribution >= 4 is 11.6 Å². The third kappa shape index (κ3) is 4.18. The van der Waals surface area contributed by atoms with Crippen molar-refractivity contribution in [3.63, 3.8) is 0 Å². The second-order valence-electron chi connectivity index (χ2n) is 7.11. The van der Waals surface area contributed by atoms with Crippen molar-refractivity contribution in [3.05, 3.63) is 69.7 Å². The summed E-state index contributed by atoms with van der Waals surface area (Å²) in [5.41, 5.74) is 0.730. The molecule has 0 radical (unpaired) electrons. The zero-order chi connectivity index (χ0) is 22.1. The Labute approximate surface area is 176 Å². The summed E-state index contributed by atoms with van der Waals surface area (Å²) in [6.45, 7) is 1.65. The van der Waals surface area contributed by atoms with Crippen LogP contribution in [0.2, 0.25) is 0 Å². The zero-order valence-corrected chi connectivity index (χ0v) is 16.8. The second-order valence-corrected chi connectivity index (χ2v) is 7.11. The van der Waals surface area contributed by atoms with Crippen molar-refractivity contribution in [3.8, 4) is 23.1 Å². The molecular weight excluding hydrogens is 407 g/mol. The normalized spacial score (nSPS) is 13.0. The van der Waals surface area contributed by atoms with E-state index in [0.29, 0.717) is 17.0 Å². The number of nitrogens with zero attached hydrogens (tertiary/aromatic N) is 3. The van der Waals surface area contributed by atoms with Crippen molar-refractivity contribution < 1.29 is 23.6 Å². The number of nitrogens with one attached hydrogen (secondary N) is 1. The number of carbonyl (C=O) groups is 1. The summed E-state index contributed by atoms with van der Waals surface area (Å²) < 4.78 is 26.8. The van der Waals surface area contributed by atoms with Crippen LogP contribution in [0.25, 0.3) is 5.69 Å². The number of nitro benzene ring substituents is 1. The van der Waals surface area contributed by atoms with Gasteiger partial charge in [-0.05, 0) is 50.1 Å². The summed E-state index contributed by atoms with van der Waals surface area (Å²) >= 11 is 0. The van der Waals surface area contributed by atoms with Crippen LogP contribution >= 0.6 is 0 Å². The molecule has 4 rings (SSSR count). The van der Waals surface area contributed by atoms with Gasteiger partial charge in [-0.15, -0.1) is 0 Å². The van der Waals surface area contributed by atoms with E-state index in [2.05, 4.69) is 10.4 Å². The molecule has 9 nitrogen and oxygen atoms in total. The summed E-state index contributed by atoms with van der Waals surface area (Å²) in [7, 11) is 1.54. The summed E-state index contributed by atoms with van der Waals surface area (Å²) in [6.07, 6.45) is 1.84. The van der Waals surface area contributed by atoms with Crippen LogP contribution in [0.15, 0.2) is 42.5 Å². The lowest BCUT2D eigenvalue weighted by Gasteiger charge is -2.11. The average Bonchev–Trinajstić information content (AvgIpc) is 3.51. The first-order chi connectivity index (χ1) is 14.9. The van der Waals surface area contributed by atoms with Crippen molar-refractivity contribution in [2.24, 2.45) is 0 Å². The highest BCUT2D eigenvalue weighted by Crippen LogP contribution is 2.33. The highest BCUT2D eigenvalue weighted by atomic mass is 19.1. The molecular formula is C21H19FN4O5. The molecule has 1 heterocycles. The first kappa shape index (κ1) is 20.3. The van der Waals surface area contributed by atoms with E-state index in [4.69, 9.17) is 9.47 Å². The minimum absolute atomic E-state index is 0.124. The minimum Gasteiger partial charge on any atom is -0.497 e. The van der Waals surface area contributed by atoms with Gasteiger partial charge in [-0.2, -0.15) is 9.78 Å². The molecule has 160 valence electrons. The molecule has 1 aliphatic carbocycles. The van der Waals surface area contributed by atoms with Gasteiger partial charge in [0.2, 0.25) is 5.88 Å². The van der Waals surface area contributed by atoms with E-state index >= 15 is 0 Å². The lowest BCUT2D eigenvalue weighted by molar-refractivity contribution is -0.385. The average molecular weight is 426 g/mol. The Kier molecular flexibility index (Phi) is 5.28. The molecule has 10 heteroatoms. The number of methoxy groups -OCH3 is 1. The van der Waals surface area contributed by atoms with Gasteiger partial charge in [-0.3, -0.25) is 14.9 Å². The van der Waals surface area contributed by atoms with Crippen LogP contribution in [0.4, 0.5) is 10.1 Å². The Hall–Kier alpha value is -3.95. The molecule has 0 spiro atoms. The van der Waals surface area contributed by atoms with Crippen molar-refractivity contribution in [2.45, 2.75) is 25.8 Å². The standard InChI is InChI=1S/C21H19FN4O5/c1-12-19(20(27)23-13-3-4-13)24-25(14-5-8-16(30-2)9-6-14)21(12)31-18-10-7-15(26(28)29)11-17(18)22/h5-11,13H,3-4H2,1-2H3,(H,23,27). The summed E-state index contributed by atoms with van der Waals surface area (Å²) in [5.74, 6) is -0.721. The Bertz CT molecular complexity index is 1160. The van der Waals surface area contributed by atoms with Gasteiger partial charge in [-0.25, -0.2) is 4.39 Å². The molecule has 0 unspecified atom stereocenters. The molecule has 0 aliphatic heterocycles. The van der Waals surface area contributed by atoms with E-state index in [0.717, 1.165) is 25.0 Å². The van der Waals surface area contributed by atoms with Gasteiger partial charge < -0.3 is 14.8 Å². The van der Waals surface area contributed by atoms with Crippen molar-refractivity contribution in [1.29, 1.82) is 0 Å². The lowest BCUT2D eigenvalue weighted by Crippen LogP contribution is -2.26. The quantitative estimate of drug-likeness (QED) is 0.453. The molecule has 2 aromatic carbocycles. The Balaban J connectivity index is 1.75. The molecule has 1 fully saturated rings. The van der Waals surface area contributed by atoms with Crippen molar-refractivity contribution in [2.75, 3.05) is 7.11 Å². The number of amides is 1. The number of hydrogen-bond acceptors (Lipinski definition) is 6. The summed E-state index contributed by atoms with van der Waals surface area (Å²) in [4.78, 5) is 22.8. The van der Waals surface area contributed by atoms with Gasteiger partial charge in [0.15, 0.2) is 17.3 Å². The van der Waals surface area contributed by atoms with Crippen LogP contribution in [0.1, 0.15) is 28.9 Å². The topological polar surface area (TPSA) is 109 Å². The highest BCUT2D eigenvalue weighted by molar-refractivity contribution is 5.94. The third-order valence-electron chi connectivity index (χ3n) is 4.85. The fraction of sp³-hybridized carbons (Fsp3) is 0.238. The Morgan fingerprint density at radius 1 is 1.26 bits per heavy atom. The maximum Gasteiger partial charge on any atom is 0.272 e. The molecule has 1 N–H and O–H groups in total. The highest BCUT2D eigenvalue weighted by Gasteiger charge is 2.29. The number of rotatable bonds is 7. The predicted octanol–water partition coefficient (Wildman–Crippen LogP) is 3.92. The van der Waals surface area contributed by atoms with E-state index in [1.807, 2.05) is 0 Å². The van der Waals surface area contributed by atoms with Gasteiger partial charge in [0.25, 0.3) is 11.6 Å². The van der Waals surface area contributed by atoms with E-state index in [-0.39, 0.29) is 29.3 Å². The molecule has 0 atom stereocenters. The Morgan fingerprint density at radius 2 is 1.97 bits per heavy atom. The fourth-order valence-electron chi connectivity index (χ4n) is 2.99. The third-order valence-corrected chi connectivity index (χ3v) is 4.85. The number of halogens is 1. The predicted molar refractivity (Wildman–Crippen MR) is 108 cm³/mol. The van der Waals surface area contributed by atoms with Gasteiger partial charge in [0.1, 0.15) is 5.75 Å². The summed E-state index contributed by atoms with van der Waals surface area (Å²) in [5, 5.41) is 18.1. The van der Waals surface area contributed by atoms with Gasteiger partial charge in [0.05, 0.1) is 23.8 Å². The first-order valence-electron chi connectivity index (χ1n) is 9.54. The fourth-order valence-corrected chi connectivity index (χ4v) is 2.99. The molecule has 0 saturated heterocycles. The van der Waals surface area contributed by atoms with Crippen LogP contribution in [0.3, 0.4) is 0 Å². The van der Waals surface area contributed by atoms with E-state index in [1.54, 1.807) is 38.3 Å². The van der Waals surface area contributed by atoms with Crippen LogP contribution in [0, 0.1) is 22.9 Å². The number of benzene rings is 2. The largest absolute Gasteiger partial charge is 0.497 e. The van der Waals surface area contributed by atoms with Crippen LogP contribution < -0.4 is 14.8 Å². The molecule has 31 heavy (non-hydrogen) atoms. The van der Waals surface area contributed by atoms with E-state index in [1.165, 1.54) is 10.7 Å². The molecule has 1 aromatic heterocycles. The van der Waals surface area contributed by atoms with Crippen LogP contribution in [-0.2, 0) is 0 Å². The van der Waals surface area contributed by atoms with Crippen molar-refractivity contribution in [1.82, 2.24) is 15.1 Å². The molecule has 1 amide bonds. The number of hydrogen-bond donors (Lipinski definition) is 1. The first-order valence-corrected chi connectivity index (χ1v) is 9.54. The lowest BCUT2D eigenvalue weighted by atomic mass is 10.2. The van der Waals surface area contributed by atoms with Gasteiger partial charge in [0, 0.05) is 17.7 Å². The van der Waals surface area contributed by atoms with Crippen LogP contribution in [-0.4, -0.2) is 33.8 Å². The summed E-state index contributed by atoms with van der Waals surface area (Å²) in [6, 6.07) is 10.1. The molecule has 3 aromatic rings. The number of carbonyl (C=O) groups excluding carboxylic acids is 1. The molecule has 1 aliphatic rings. The monoisotopic (exact) mass is 426 g/mol. The van der Waals surface area contributed by atoms with Gasteiger partial charge in [-0.1, -0.05) is 0 Å². The van der Waals surface area contributed by atoms with E-state index in [9.17, 15) is 19.3 Å². The number of ether oxygens (including phenoxy) is 2. The number of nitro groups is 1. The van der Waals surface area contributed by atoms with Gasteiger partial charge >= 0.3 is 0 Å². The zero-order valence-electron chi connectivity index (χ0n) is 16.8.